The lowest BCUT2D eigenvalue weighted by atomic mass is 10.2. The van der Waals surface area contributed by atoms with Gasteiger partial charge in [-0.05, 0) is 35.7 Å². The van der Waals surface area contributed by atoms with E-state index >= 15 is 0 Å². The molecule has 0 aliphatic heterocycles. The van der Waals surface area contributed by atoms with Crippen molar-refractivity contribution >= 4 is 40.2 Å². The topological polar surface area (TPSA) is 68.3 Å². The number of hydrogen-bond donors (Lipinski definition) is 1. The van der Waals surface area contributed by atoms with Crippen molar-refractivity contribution in [3.8, 4) is 10.6 Å². The number of hydrogen-bond acceptors (Lipinski definition) is 6. The molecule has 8 heteroatoms. The number of carbonyl (C=O) groups is 2. The lowest BCUT2D eigenvalue weighted by Crippen LogP contribution is -2.14. The largest absolute Gasteiger partial charge is 0.465 e. The third-order valence-corrected chi connectivity index (χ3v) is 4.90. The molecule has 0 bridgehead atoms. The Morgan fingerprint density at radius 1 is 1.17 bits per heavy atom. The van der Waals surface area contributed by atoms with Crippen LogP contribution in [-0.4, -0.2) is 24.0 Å². The van der Waals surface area contributed by atoms with Gasteiger partial charge in [-0.2, -0.15) is 0 Å². The summed E-state index contributed by atoms with van der Waals surface area (Å²) in [6.45, 7) is 0. The molecule has 0 saturated heterocycles. The fourth-order valence-electron chi connectivity index (χ4n) is 1.95. The second-order valence-electron chi connectivity index (χ2n) is 4.65. The Hall–Kier alpha value is -2.58. The third-order valence-electron chi connectivity index (χ3n) is 3.11. The summed E-state index contributed by atoms with van der Waals surface area (Å²) in [5, 5.41) is 6.56. The zero-order valence-electron chi connectivity index (χ0n) is 12.4. The second kappa shape index (κ2) is 6.90. The zero-order chi connectivity index (χ0) is 17.1. The van der Waals surface area contributed by atoms with E-state index in [9.17, 15) is 14.0 Å². The Morgan fingerprint density at radius 2 is 1.92 bits per heavy atom. The minimum absolute atomic E-state index is 0.223. The number of benzene rings is 1. The van der Waals surface area contributed by atoms with E-state index in [0.717, 1.165) is 5.56 Å². The smallest absolute Gasteiger partial charge is 0.350 e. The molecule has 0 radical (unpaired) electrons. The van der Waals surface area contributed by atoms with E-state index in [-0.39, 0.29) is 11.5 Å². The molecular weight excluding hydrogens is 351 g/mol. The van der Waals surface area contributed by atoms with E-state index in [2.05, 4.69) is 15.0 Å². The van der Waals surface area contributed by atoms with Crippen molar-refractivity contribution in [2.75, 3.05) is 12.4 Å². The maximum Gasteiger partial charge on any atom is 0.350 e. The lowest BCUT2D eigenvalue weighted by molar-refractivity contribution is 0.0607. The fourth-order valence-corrected chi connectivity index (χ4v) is 3.52. The van der Waals surface area contributed by atoms with Crippen molar-refractivity contribution in [3.05, 3.63) is 57.5 Å². The van der Waals surface area contributed by atoms with Crippen LogP contribution in [0.4, 0.5) is 10.1 Å². The number of anilines is 1. The van der Waals surface area contributed by atoms with Crippen LogP contribution in [0.25, 0.3) is 10.6 Å². The summed E-state index contributed by atoms with van der Waals surface area (Å²) in [5.74, 6) is -1.27. The molecule has 0 aliphatic carbocycles. The Morgan fingerprint density at radius 3 is 2.62 bits per heavy atom. The van der Waals surface area contributed by atoms with Crippen molar-refractivity contribution in [1.82, 2.24) is 4.98 Å². The minimum atomic E-state index is -0.509. The van der Waals surface area contributed by atoms with Crippen LogP contribution in [0.2, 0.25) is 0 Å². The quantitative estimate of drug-likeness (QED) is 0.711. The Labute approximate surface area is 144 Å². The Kier molecular flexibility index (Phi) is 4.68. The Balaban J connectivity index is 1.78. The maximum absolute atomic E-state index is 13.0. The summed E-state index contributed by atoms with van der Waals surface area (Å²) in [4.78, 5) is 28.5. The molecule has 122 valence electrons. The molecule has 2 aromatic heterocycles. The van der Waals surface area contributed by atoms with Gasteiger partial charge in [-0.3, -0.25) is 4.79 Å². The first-order valence-electron chi connectivity index (χ1n) is 6.77. The molecule has 3 rings (SSSR count). The van der Waals surface area contributed by atoms with Gasteiger partial charge in [-0.25, -0.2) is 14.2 Å². The molecule has 5 nitrogen and oxygen atoms in total. The molecule has 0 atom stereocenters. The number of esters is 1. The summed E-state index contributed by atoms with van der Waals surface area (Å²) in [7, 11) is 1.28. The number of thiophene rings is 1. The zero-order valence-corrected chi connectivity index (χ0v) is 14.0. The molecule has 1 aromatic carbocycles. The normalized spacial score (nSPS) is 10.4. The predicted molar refractivity (Wildman–Crippen MR) is 91.1 cm³/mol. The number of aromatic nitrogens is 1. The summed E-state index contributed by atoms with van der Waals surface area (Å²) in [6, 6.07) is 7.51. The van der Waals surface area contributed by atoms with Crippen molar-refractivity contribution in [2.45, 2.75) is 0 Å². The predicted octanol–water partition coefficient (Wildman–Crippen LogP) is 4.05. The van der Waals surface area contributed by atoms with E-state index in [1.165, 1.54) is 41.9 Å². The van der Waals surface area contributed by atoms with E-state index in [0.29, 0.717) is 15.6 Å². The molecule has 1 N–H and O–H groups in total. The van der Waals surface area contributed by atoms with Crippen molar-refractivity contribution in [1.29, 1.82) is 0 Å². The SMILES string of the molecule is COC(=O)c1sccc1NC(=O)c1csc(-c2ccc(F)cc2)n1. The van der Waals surface area contributed by atoms with Gasteiger partial charge in [0, 0.05) is 10.9 Å². The maximum atomic E-state index is 13.0. The molecule has 0 saturated carbocycles. The van der Waals surface area contributed by atoms with Gasteiger partial charge in [0.05, 0.1) is 12.8 Å². The summed E-state index contributed by atoms with van der Waals surface area (Å²) >= 11 is 2.46. The van der Waals surface area contributed by atoms with Gasteiger partial charge in [0.25, 0.3) is 5.91 Å². The monoisotopic (exact) mass is 362 g/mol. The van der Waals surface area contributed by atoms with Gasteiger partial charge in [0.15, 0.2) is 0 Å². The van der Waals surface area contributed by atoms with Crippen LogP contribution >= 0.6 is 22.7 Å². The molecular formula is C16H11FN2O3S2. The van der Waals surface area contributed by atoms with Crippen molar-refractivity contribution in [3.63, 3.8) is 0 Å². The molecule has 0 fully saturated rings. The first-order valence-corrected chi connectivity index (χ1v) is 8.53. The molecule has 0 aliphatic rings. The van der Waals surface area contributed by atoms with Crippen LogP contribution in [-0.2, 0) is 4.74 Å². The molecule has 0 spiro atoms. The number of nitrogens with zero attached hydrogens (tertiary/aromatic N) is 1. The standard InChI is InChI=1S/C16H11FN2O3S2/c1-22-16(21)13-11(6-7-23-13)18-14(20)12-8-24-15(19-12)9-2-4-10(17)5-3-9/h2-8H,1H3,(H,18,20). The van der Waals surface area contributed by atoms with Crippen LogP contribution in [0.15, 0.2) is 41.1 Å². The van der Waals surface area contributed by atoms with Gasteiger partial charge in [0.2, 0.25) is 0 Å². The van der Waals surface area contributed by atoms with Crippen LogP contribution in [0.3, 0.4) is 0 Å². The number of amides is 1. The summed E-state index contributed by atoms with van der Waals surface area (Å²) in [6.07, 6.45) is 0. The van der Waals surface area contributed by atoms with E-state index < -0.39 is 11.9 Å². The number of halogens is 1. The van der Waals surface area contributed by atoms with Crippen molar-refractivity contribution in [2.24, 2.45) is 0 Å². The number of rotatable bonds is 4. The van der Waals surface area contributed by atoms with Crippen LogP contribution in [0.1, 0.15) is 20.2 Å². The van der Waals surface area contributed by atoms with Gasteiger partial charge in [-0.1, -0.05) is 0 Å². The number of thiazole rings is 1. The average Bonchev–Trinajstić information content (AvgIpc) is 3.24. The summed E-state index contributed by atoms with van der Waals surface area (Å²) < 4.78 is 17.6. The number of ether oxygens (including phenoxy) is 1. The highest BCUT2D eigenvalue weighted by molar-refractivity contribution is 7.13. The average molecular weight is 362 g/mol. The van der Waals surface area contributed by atoms with Crippen LogP contribution in [0.5, 0.6) is 0 Å². The fraction of sp³-hybridized carbons (Fsp3) is 0.0625. The van der Waals surface area contributed by atoms with Crippen LogP contribution < -0.4 is 5.32 Å². The molecule has 3 aromatic rings. The number of nitrogens with one attached hydrogen (secondary N) is 1. The van der Waals surface area contributed by atoms with Crippen LogP contribution in [0, 0.1) is 5.82 Å². The highest BCUT2D eigenvalue weighted by atomic mass is 32.1. The van der Waals surface area contributed by atoms with E-state index in [1.807, 2.05) is 0 Å². The third kappa shape index (κ3) is 3.34. The van der Waals surface area contributed by atoms with Gasteiger partial charge in [0.1, 0.15) is 21.4 Å². The second-order valence-corrected chi connectivity index (χ2v) is 6.43. The summed E-state index contributed by atoms with van der Waals surface area (Å²) in [5.41, 5.74) is 1.33. The number of carbonyl (C=O) groups excluding carboxylic acids is 2. The highest BCUT2D eigenvalue weighted by Gasteiger charge is 2.18. The molecule has 0 unspecified atom stereocenters. The minimum Gasteiger partial charge on any atom is -0.465 e. The first kappa shape index (κ1) is 16.3. The lowest BCUT2D eigenvalue weighted by Gasteiger charge is -2.03. The van der Waals surface area contributed by atoms with Gasteiger partial charge >= 0.3 is 5.97 Å². The number of methoxy groups -OCH3 is 1. The molecule has 1 amide bonds. The highest BCUT2D eigenvalue weighted by Crippen LogP contribution is 2.26. The van der Waals surface area contributed by atoms with Gasteiger partial charge in [-0.15, -0.1) is 22.7 Å². The van der Waals surface area contributed by atoms with E-state index in [4.69, 9.17) is 0 Å². The van der Waals surface area contributed by atoms with E-state index in [1.54, 1.807) is 29.0 Å². The van der Waals surface area contributed by atoms with Gasteiger partial charge < -0.3 is 10.1 Å². The molecule has 2 heterocycles. The molecule has 24 heavy (non-hydrogen) atoms. The Bertz CT molecular complexity index is 887. The van der Waals surface area contributed by atoms with Crippen molar-refractivity contribution < 1.29 is 18.7 Å². The first-order chi connectivity index (χ1) is 11.6.